The molecule has 2 nitrogen and oxygen atoms in total. The largest absolute Gasteiger partial charge is 0.508 e. The molecule has 0 spiro atoms. The number of hydrogen-bond acceptors (Lipinski definition) is 2. The van der Waals surface area contributed by atoms with Crippen LogP contribution in [0.2, 0.25) is 0 Å². The van der Waals surface area contributed by atoms with E-state index < -0.39 is 5.60 Å². The maximum absolute atomic E-state index is 9.42. The van der Waals surface area contributed by atoms with Gasteiger partial charge in [0.25, 0.3) is 0 Å². The summed E-state index contributed by atoms with van der Waals surface area (Å²) in [4.78, 5) is 0. The van der Waals surface area contributed by atoms with Gasteiger partial charge in [0, 0.05) is 6.42 Å². The van der Waals surface area contributed by atoms with Gasteiger partial charge in [0.05, 0.1) is 5.60 Å². The highest BCUT2D eigenvalue weighted by Gasteiger charge is 2.17. The molecule has 0 saturated carbocycles. The van der Waals surface area contributed by atoms with Gasteiger partial charge in [-0.2, -0.15) is 0 Å². The van der Waals surface area contributed by atoms with Crippen LogP contribution in [0.25, 0.3) is 0 Å². The molecule has 0 fully saturated rings. The average Bonchev–Trinajstić information content (AvgIpc) is 2.23. The van der Waals surface area contributed by atoms with E-state index in [1.165, 1.54) is 11.1 Å². The monoisotopic (exact) mass is 246 g/mol. The second-order valence-corrected chi connectivity index (χ2v) is 5.20. The summed E-state index contributed by atoms with van der Waals surface area (Å²) in [6.45, 7) is 7.74. The lowest BCUT2D eigenvalue weighted by Gasteiger charge is -2.21. The highest BCUT2D eigenvalue weighted by molar-refractivity contribution is 5.34. The van der Waals surface area contributed by atoms with E-state index in [0.29, 0.717) is 5.75 Å². The molecule has 1 aliphatic rings. The van der Waals surface area contributed by atoms with Crippen molar-refractivity contribution in [3.8, 4) is 5.75 Å². The summed E-state index contributed by atoms with van der Waals surface area (Å²) in [6, 6.07) is 5.56. The minimum absolute atomic E-state index is 0.376. The zero-order chi connectivity index (χ0) is 13.8. The second-order valence-electron chi connectivity index (χ2n) is 5.20. The molecule has 98 valence electrons. The lowest BCUT2D eigenvalue weighted by atomic mass is 9.93. The Hall–Kier alpha value is -1.54. The maximum atomic E-state index is 9.42. The van der Waals surface area contributed by atoms with Crippen LogP contribution < -0.4 is 0 Å². The van der Waals surface area contributed by atoms with Gasteiger partial charge in [-0.3, -0.25) is 0 Å². The van der Waals surface area contributed by atoms with E-state index in [2.05, 4.69) is 0 Å². The molecule has 0 radical (unpaired) electrons. The quantitative estimate of drug-likeness (QED) is 0.733. The first-order chi connectivity index (χ1) is 8.30. The van der Waals surface area contributed by atoms with Gasteiger partial charge in [0.15, 0.2) is 0 Å². The Bertz CT molecular complexity index is 468. The molecule has 18 heavy (non-hydrogen) atoms. The Kier molecular flexibility index (Phi) is 4.74. The number of benzene rings is 1. The van der Waals surface area contributed by atoms with Gasteiger partial charge >= 0.3 is 0 Å². The second kappa shape index (κ2) is 5.87. The van der Waals surface area contributed by atoms with E-state index >= 15 is 0 Å². The summed E-state index contributed by atoms with van der Waals surface area (Å²) in [7, 11) is 0. The molecule has 0 aromatic heterocycles. The fraction of sp³-hybridized carbons (Fsp3) is 0.375. The summed E-state index contributed by atoms with van der Waals surface area (Å²) in [6.07, 6.45) is 6.51. The van der Waals surface area contributed by atoms with Crippen LogP contribution in [0.3, 0.4) is 0 Å². The first-order valence-electron chi connectivity index (χ1n) is 6.14. The van der Waals surface area contributed by atoms with Crippen LogP contribution in [-0.4, -0.2) is 15.8 Å². The third-order valence-electron chi connectivity index (χ3n) is 2.83. The van der Waals surface area contributed by atoms with E-state index in [0.717, 1.165) is 12.0 Å². The van der Waals surface area contributed by atoms with Gasteiger partial charge in [-0.15, -0.1) is 0 Å². The lowest BCUT2D eigenvalue weighted by Crippen LogP contribution is -2.22. The topological polar surface area (TPSA) is 40.5 Å². The predicted octanol–water partition coefficient (Wildman–Crippen LogP) is 3.65. The standard InChI is InChI=1S/C8H10O.C8H12O/c1-6-3-4-8(9)7(2)5-6;1-7-4-3-5-8(2,9)6-7/h3-5,9H,1-2H3;3-5,9H,6H2,1-2H3. The molecular formula is C16H22O2. The molecule has 0 amide bonds. The Morgan fingerprint density at radius 3 is 2.22 bits per heavy atom. The van der Waals surface area contributed by atoms with Crippen molar-refractivity contribution in [1.29, 1.82) is 0 Å². The molecule has 1 aromatic rings. The van der Waals surface area contributed by atoms with Crippen LogP contribution in [0.5, 0.6) is 5.75 Å². The zero-order valence-corrected chi connectivity index (χ0v) is 11.6. The van der Waals surface area contributed by atoms with Crippen LogP contribution in [0.4, 0.5) is 0 Å². The average molecular weight is 246 g/mol. The number of aromatic hydroxyl groups is 1. The van der Waals surface area contributed by atoms with Gasteiger partial charge in [-0.05, 0) is 39.3 Å². The summed E-state index contributed by atoms with van der Waals surface area (Å²) >= 11 is 0. The van der Waals surface area contributed by atoms with Gasteiger partial charge in [-0.1, -0.05) is 41.5 Å². The third kappa shape index (κ3) is 4.76. The number of phenols is 1. The molecule has 1 aliphatic carbocycles. The Balaban J connectivity index is 0.000000180. The summed E-state index contributed by atoms with van der Waals surface area (Å²) in [5, 5.41) is 18.5. The Morgan fingerprint density at radius 2 is 1.83 bits per heavy atom. The van der Waals surface area contributed by atoms with Crippen molar-refractivity contribution in [2.75, 3.05) is 0 Å². The molecule has 2 heteroatoms. The molecule has 2 rings (SSSR count). The van der Waals surface area contributed by atoms with Crippen molar-refractivity contribution in [3.63, 3.8) is 0 Å². The van der Waals surface area contributed by atoms with Gasteiger partial charge < -0.3 is 10.2 Å². The van der Waals surface area contributed by atoms with Crippen molar-refractivity contribution in [2.45, 2.75) is 39.7 Å². The molecule has 0 aliphatic heterocycles. The number of aliphatic hydroxyl groups is 1. The minimum Gasteiger partial charge on any atom is -0.508 e. The lowest BCUT2D eigenvalue weighted by molar-refractivity contribution is 0.111. The minimum atomic E-state index is -0.598. The van der Waals surface area contributed by atoms with Crippen LogP contribution in [0.15, 0.2) is 42.0 Å². The van der Waals surface area contributed by atoms with Crippen molar-refractivity contribution in [2.24, 2.45) is 0 Å². The van der Waals surface area contributed by atoms with Gasteiger partial charge in [-0.25, -0.2) is 0 Å². The SMILES string of the molecule is CC1=CC=CC(C)(O)C1.Cc1ccc(O)c(C)c1. The molecule has 1 unspecified atom stereocenters. The summed E-state index contributed by atoms with van der Waals surface area (Å²) in [5.41, 5.74) is 2.77. The van der Waals surface area contributed by atoms with Crippen LogP contribution in [0, 0.1) is 13.8 Å². The fourth-order valence-corrected chi connectivity index (χ4v) is 1.91. The van der Waals surface area contributed by atoms with E-state index in [-0.39, 0.29) is 0 Å². The number of rotatable bonds is 0. The molecule has 0 bridgehead atoms. The van der Waals surface area contributed by atoms with Crippen LogP contribution in [0.1, 0.15) is 31.4 Å². The summed E-state index contributed by atoms with van der Waals surface area (Å²) < 4.78 is 0. The Labute approximate surface area is 109 Å². The van der Waals surface area contributed by atoms with Crippen LogP contribution >= 0.6 is 0 Å². The number of phenolic OH excluding ortho intramolecular Hbond substituents is 1. The van der Waals surface area contributed by atoms with E-state index in [9.17, 15) is 5.11 Å². The van der Waals surface area contributed by atoms with Gasteiger partial charge in [0.1, 0.15) is 5.75 Å². The molecule has 2 N–H and O–H groups in total. The van der Waals surface area contributed by atoms with Crippen molar-refractivity contribution >= 4 is 0 Å². The molecule has 1 atom stereocenters. The molecular weight excluding hydrogens is 224 g/mol. The molecule has 1 aromatic carbocycles. The van der Waals surface area contributed by atoms with Crippen LogP contribution in [-0.2, 0) is 0 Å². The zero-order valence-electron chi connectivity index (χ0n) is 11.6. The highest BCUT2D eigenvalue weighted by Crippen LogP contribution is 2.21. The predicted molar refractivity (Wildman–Crippen MR) is 75.7 cm³/mol. The van der Waals surface area contributed by atoms with Crippen molar-refractivity contribution in [3.05, 3.63) is 53.1 Å². The smallest absolute Gasteiger partial charge is 0.118 e. The maximum Gasteiger partial charge on any atom is 0.118 e. The third-order valence-corrected chi connectivity index (χ3v) is 2.83. The van der Waals surface area contributed by atoms with E-state index in [1.54, 1.807) is 6.07 Å². The number of aryl methyl sites for hydroxylation is 2. The van der Waals surface area contributed by atoms with E-state index in [1.807, 2.05) is 58.1 Å². The molecule has 0 saturated heterocycles. The molecule has 0 heterocycles. The normalized spacial score (nSPS) is 21.9. The Morgan fingerprint density at radius 1 is 1.17 bits per heavy atom. The fourth-order valence-electron chi connectivity index (χ4n) is 1.91. The summed E-state index contributed by atoms with van der Waals surface area (Å²) in [5.74, 6) is 0.376. The number of allylic oxidation sites excluding steroid dienone is 2. The van der Waals surface area contributed by atoms with Gasteiger partial charge in [0.2, 0.25) is 0 Å². The highest BCUT2D eigenvalue weighted by atomic mass is 16.3. The van der Waals surface area contributed by atoms with E-state index in [4.69, 9.17) is 5.11 Å². The van der Waals surface area contributed by atoms with Crippen molar-refractivity contribution < 1.29 is 10.2 Å². The first kappa shape index (κ1) is 14.5. The van der Waals surface area contributed by atoms with Crippen molar-refractivity contribution in [1.82, 2.24) is 0 Å². The first-order valence-corrected chi connectivity index (χ1v) is 6.14. The number of hydrogen-bond donors (Lipinski definition) is 2.